The molecule has 2 aliphatic carbocycles. The van der Waals surface area contributed by atoms with Gasteiger partial charge in [0.15, 0.2) is 0 Å². The summed E-state index contributed by atoms with van der Waals surface area (Å²) in [7, 11) is 0. The van der Waals surface area contributed by atoms with Crippen LogP contribution in [0.4, 0.5) is 0 Å². The first-order valence-corrected chi connectivity index (χ1v) is 4.08. The molecule has 0 amide bonds. The van der Waals surface area contributed by atoms with E-state index in [1.165, 1.54) is 0 Å². The van der Waals surface area contributed by atoms with Gasteiger partial charge in [0, 0.05) is 12.3 Å². The molecule has 2 bridgehead atoms. The summed E-state index contributed by atoms with van der Waals surface area (Å²) in [6.45, 7) is 2.08. The van der Waals surface area contributed by atoms with E-state index in [0.29, 0.717) is 12.2 Å². The molecule has 0 saturated heterocycles. The van der Waals surface area contributed by atoms with Crippen LogP contribution in [0.25, 0.3) is 0 Å². The minimum Gasteiger partial charge on any atom is -0.299 e. The van der Waals surface area contributed by atoms with E-state index in [4.69, 9.17) is 5.26 Å². The zero-order valence-electron chi connectivity index (χ0n) is 6.63. The van der Waals surface area contributed by atoms with Gasteiger partial charge in [0.1, 0.15) is 5.78 Å². The van der Waals surface area contributed by atoms with Crippen LogP contribution in [0.1, 0.15) is 26.2 Å². The molecule has 0 radical (unpaired) electrons. The fourth-order valence-electron chi connectivity index (χ4n) is 2.55. The Balaban J connectivity index is 2.30. The molecule has 0 heterocycles. The van der Waals surface area contributed by atoms with Gasteiger partial charge in [-0.1, -0.05) is 6.92 Å². The number of nitrogens with zero attached hydrogens (tertiary/aromatic N) is 1. The second-order valence-corrected chi connectivity index (χ2v) is 4.12. The van der Waals surface area contributed by atoms with Gasteiger partial charge >= 0.3 is 0 Å². The molecule has 11 heavy (non-hydrogen) atoms. The summed E-state index contributed by atoms with van der Waals surface area (Å²) in [5.41, 5.74) is 0.0382. The van der Waals surface area contributed by atoms with Crippen LogP contribution in [0.2, 0.25) is 0 Å². The Morgan fingerprint density at radius 3 is 2.82 bits per heavy atom. The zero-order valence-corrected chi connectivity index (χ0v) is 6.63. The van der Waals surface area contributed by atoms with Gasteiger partial charge in [-0.3, -0.25) is 4.79 Å². The number of hydrogen-bond donors (Lipinski definition) is 0. The molecule has 0 aliphatic heterocycles. The van der Waals surface area contributed by atoms with Crippen molar-refractivity contribution in [2.75, 3.05) is 0 Å². The molecule has 0 unspecified atom stereocenters. The number of nitriles is 1. The van der Waals surface area contributed by atoms with Crippen molar-refractivity contribution in [2.45, 2.75) is 26.2 Å². The first-order chi connectivity index (χ1) is 5.15. The van der Waals surface area contributed by atoms with Crippen molar-refractivity contribution in [3.05, 3.63) is 0 Å². The van der Waals surface area contributed by atoms with E-state index in [9.17, 15) is 4.79 Å². The fraction of sp³-hybridized carbons (Fsp3) is 0.778. The van der Waals surface area contributed by atoms with E-state index in [0.717, 1.165) is 12.8 Å². The van der Waals surface area contributed by atoms with E-state index >= 15 is 0 Å². The minimum absolute atomic E-state index is 0.0382. The van der Waals surface area contributed by atoms with Crippen LogP contribution in [-0.2, 0) is 4.79 Å². The first kappa shape index (κ1) is 6.84. The lowest BCUT2D eigenvalue weighted by Gasteiger charge is -2.24. The predicted molar refractivity (Wildman–Crippen MR) is 39.6 cm³/mol. The Morgan fingerprint density at radius 1 is 1.73 bits per heavy atom. The SMILES string of the molecule is C[C@]12CC(=O)[C@H](C[C@@H]1C#N)C2. The van der Waals surface area contributed by atoms with Crippen molar-refractivity contribution >= 4 is 5.78 Å². The van der Waals surface area contributed by atoms with Crippen LogP contribution < -0.4 is 0 Å². The zero-order chi connectivity index (χ0) is 8.06. The summed E-state index contributed by atoms with van der Waals surface area (Å²) < 4.78 is 0. The average molecular weight is 149 g/mol. The van der Waals surface area contributed by atoms with Gasteiger partial charge in [-0.25, -0.2) is 0 Å². The Morgan fingerprint density at radius 2 is 2.45 bits per heavy atom. The molecule has 2 aliphatic rings. The number of hydrogen-bond acceptors (Lipinski definition) is 2. The standard InChI is InChI=1S/C9H11NO/c1-9-3-6(8(11)4-9)2-7(9)5-10/h6-7H,2-4H2,1H3/t6-,7-,9+/m1/s1. The highest BCUT2D eigenvalue weighted by Crippen LogP contribution is 2.55. The van der Waals surface area contributed by atoms with Gasteiger partial charge in [-0.2, -0.15) is 5.26 Å². The molecule has 0 N–H and O–H groups in total. The van der Waals surface area contributed by atoms with Crippen LogP contribution in [0.15, 0.2) is 0 Å². The maximum absolute atomic E-state index is 11.2. The highest BCUT2D eigenvalue weighted by Gasteiger charge is 2.53. The predicted octanol–water partition coefficient (Wildman–Crippen LogP) is 1.52. The Hall–Kier alpha value is -0.840. The van der Waals surface area contributed by atoms with Crippen LogP contribution in [0, 0.1) is 28.6 Å². The summed E-state index contributed by atoms with van der Waals surface area (Å²) >= 11 is 0. The molecule has 58 valence electrons. The molecule has 0 aromatic heterocycles. The third-order valence-corrected chi connectivity index (χ3v) is 3.26. The van der Waals surface area contributed by atoms with E-state index < -0.39 is 0 Å². The topological polar surface area (TPSA) is 40.9 Å². The van der Waals surface area contributed by atoms with E-state index in [2.05, 4.69) is 13.0 Å². The van der Waals surface area contributed by atoms with Gasteiger partial charge in [0.05, 0.1) is 12.0 Å². The summed E-state index contributed by atoms with van der Waals surface area (Å²) in [6.07, 6.45) is 2.44. The van der Waals surface area contributed by atoms with Crippen LogP contribution >= 0.6 is 0 Å². The van der Waals surface area contributed by atoms with Gasteiger partial charge in [0.25, 0.3) is 0 Å². The van der Waals surface area contributed by atoms with Crippen molar-refractivity contribution in [1.29, 1.82) is 5.26 Å². The largest absolute Gasteiger partial charge is 0.299 e. The van der Waals surface area contributed by atoms with Crippen molar-refractivity contribution in [2.24, 2.45) is 17.3 Å². The van der Waals surface area contributed by atoms with Crippen LogP contribution in [0.3, 0.4) is 0 Å². The molecule has 2 saturated carbocycles. The van der Waals surface area contributed by atoms with Gasteiger partial charge in [-0.05, 0) is 18.3 Å². The highest BCUT2D eigenvalue weighted by molar-refractivity contribution is 5.85. The van der Waals surface area contributed by atoms with Crippen molar-refractivity contribution in [3.8, 4) is 6.07 Å². The Labute approximate surface area is 66.2 Å². The lowest BCUT2D eigenvalue weighted by atomic mass is 9.77. The number of carbonyl (C=O) groups is 1. The molecule has 3 atom stereocenters. The minimum atomic E-state index is 0.0382. The maximum Gasteiger partial charge on any atom is 0.136 e. The molecule has 0 aromatic rings. The lowest BCUT2D eigenvalue weighted by molar-refractivity contribution is -0.122. The molecule has 2 rings (SSSR count). The number of ketones is 1. The summed E-state index contributed by atoms with van der Waals surface area (Å²) in [5.74, 6) is 0.758. The van der Waals surface area contributed by atoms with E-state index in [-0.39, 0.29) is 17.3 Å². The third kappa shape index (κ3) is 0.742. The molecular weight excluding hydrogens is 138 g/mol. The Bertz CT molecular complexity index is 253. The van der Waals surface area contributed by atoms with Gasteiger partial charge < -0.3 is 0 Å². The number of carbonyl (C=O) groups excluding carboxylic acids is 1. The normalized spacial score (nSPS) is 47.8. The first-order valence-electron chi connectivity index (χ1n) is 4.08. The molecular formula is C9H11NO. The molecule has 0 aromatic carbocycles. The van der Waals surface area contributed by atoms with Crippen LogP contribution in [-0.4, -0.2) is 5.78 Å². The van der Waals surface area contributed by atoms with Gasteiger partial charge in [-0.15, -0.1) is 0 Å². The lowest BCUT2D eigenvalue weighted by Crippen LogP contribution is -2.24. The quantitative estimate of drug-likeness (QED) is 0.524. The van der Waals surface area contributed by atoms with Gasteiger partial charge in [0.2, 0.25) is 0 Å². The maximum atomic E-state index is 11.2. The second kappa shape index (κ2) is 1.85. The second-order valence-electron chi connectivity index (χ2n) is 4.12. The number of rotatable bonds is 0. The summed E-state index contributed by atoms with van der Waals surface area (Å²) in [5, 5.41) is 8.78. The molecule has 2 nitrogen and oxygen atoms in total. The van der Waals surface area contributed by atoms with Crippen molar-refractivity contribution in [1.82, 2.24) is 0 Å². The highest BCUT2D eigenvalue weighted by atomic mass is 16.1. The van der Waals surface area contributed by atoms with Crippen molar-refractivity contribution in [3.63, 3.8) is 0 Å². The van der Waals surface area contributed by atoms with Crippen LogP contribution in [0.5, 0.6) is 0 Å². The number of Topliss-reactive ketones (excluding diaryl/α,β-unsaturated/α-hetero) is 1. The summed E-state index contributed by atoms with van der Waals surface area (Å²) in [6, 6.07) is 2.30. The van der Waals surface area contributed by atoms with E-state index in [1.54, 1.807) is 0 Å². The number of fused-ring (bicyclic) bond motifs is 2. The average Bonchev–Trinajstić information content (AvgIpc) is 2.38. The molecule has 2 fully saturated rings. The monoisotopic (exact) mass is 149 g/mol. The third-order valence-electron chi connectivity index (χ3n) is 3.26. The van der Waals surface area contributed by atoms with Crippen molar-refractivity contribution < 1.29 is 4.79 Å². The molecule has 0 spiro atoms. The van der Waals surface area contributed by atoms with E-state index in [1.807, 2.05) is 0 Å². The fourth-order valence-corrected chi connectivity index (χ4v) is 2.55. The summed E-state index contributed by atoms with van der Waals surface area (Å²) in [4.78, 5) is 11.2. The Kier molecular flexibility index (Phi) is 1.15. The molecule has 2 heteroatoms. The smallest absolute Gasteiger partial charge is 0.136 e.